The molecule has 0 aliphatic carbocycles. The van der Waals surface area contributed by atoms with Crippen LogP contribution in [0.1, 0.15) is 0 Å². The molecular formula is C11H16BrN2O+. The average molecular weight is 272 g/mol. The summed E-state index contributed by atoms with van der Waals surface area (Å²) in [6, 6.07) is 7.92. The predicted molar refractivity (Wildman–Crippen MR) is 65.0 cm³/mol. The summed E-state index contributed by atoms with van der Waals surface area (Å²) in [4.78, 5) is 2.24. The molecule has 0 spiro atoms. The smallest absolute Gasteiger partial charge is 0.165 e. The normalized spacial score (nSPS) is 21.5. The van der Waals surface area contributed by atoms with E-state index in [0.29, 0.717) is 0 Å². The topological polar surface area (TPSA) is 23.5 Å². The summed E-state index contributed by atoms with van der Waals surface area (Å²) >= 11 is 3.40. The summed E-state index contributed by atoms with van der Waals surface area (Å²) in [7, 11) is 2.09. The van der Waals surface area contributed by atoms with E-state index in [1.54, 1.807) is 0 Å². The van der Waals surface area contributed by atoms with Crippen LogP contribution in [0.25, 0.3) is 0 Å². The lowest BCUT2D eigenvalue weighted by molar-refractivity contribution is -0.103. The second-order valence-electron chi connectivity index (χ2n) is 4.15. The summed E-state index contributed by atoms with van der Waals surface area (Å²) < 4.78 is 1.12. The van der Waals surface area contributed by atoms with E-state index in [9.17, 15) is 5.21 Å². The largest absolute Gasteiger partial charge is 0.295 e. The summed E-state index contributed by atoms with van der Waals surface area (Å²) in [6.45, 7) is 3.40. The molecule has 1 aromatic rings. The zero-order chi connectivity index (χ0) is 10.9. The first-order chi connectivity index (χ1) is 7.10. The van der Waals surface area contributed by atoms with Crippen molar-refractivity contribution in [3.05, 3.63) is 28.7 Å². The van der Waals surface area contributed by atoms with Gasteiger partial charge in [-0.25, -0.2) is 5.21 Å². The van der Waals surface area contributed by atoms with Crippen LogP contribution < -0.4 is 4.65 Å². The molecule has 0 saturated carbocycles. The molecule has 1 fully saturated rings. The van der Waals surface area contributed by atoms with Gasteiger partial charge in [0.05, 0.1) is 13.1 Å². The van der Waals surface area contributed by atoms with Gasteiger partial charge in [0.2, 0.25) is 0 Å². The number of hydroxylamine groups is 2. The second-order valence-corrected chi connectivity index (χ2v) is 5.07. The molecule has 0 radical (unpaired) electrons. The average Bonchev–Trinajstić information content (AvgIpc) is 2.24. The van der Waals surface area contributed by atoms with Crippen molar-refractivity contribution < 1.29 is 5.21 Å². The van der Waals surface area contributed by atoms with Gasteiger partial charge in [-0.15, -0.1) is 4.65 Å². The fourth-order valence-electron chi connectivity index (χ4n) is 1.87. The Morgan fingerprint density at radius 2 is 1.73 bits per heavy atom. The quantitative estimate of drug-likeness (QED) is 0.791. The van der Waals surface area contributed by atoms with Gasteiger partial charge in [0, 0.05) is 16.6 Å². The van der Waals surface area contributed by atoms with E-state index in [1.807, 2.05) is 24.3 Å². The molecular weight excluding hydrogens is 256 g/mol. The molecule has 1 N–H and O–H groups in total. The second kappa shape index (κ2) is 4.22. The van der Waals surface area contributed by atoms with E-state index in [-0.39, 0.29) is 4.65 Å². The van der Waals surface area contributed by atoms with Crippen molar-refractivity contribution in [1.29, 1.82) is 0 Å². The van der Waals surface area contributed by atoms with Crippen molar-refractivity contribution in [2.75, 3.05) is 33.2 Å². The maximum Gasteiger partial charge on any atom is 0.165 e. The third kappa shape index (κ3) is 2.39. The van der Waals surface area contributed by atoms with Crippen LogP contribution in [0, 0.1) is 0 Å². The van der Waals surface area contributed by atoms with Crippen LogP contribution in [-0.4, -0.2) is 43.3 Å². The van der Waals surface area contributed by atoms with E-state index in [1.165, 1.54) is 0 Å². The Balaban J connectivity index is 2.18. The van der Waals surface area contributed by atoms with E-state index in [2.05, 4.69) is 27.9 Å². The number of hydrogen-bond donors (Lipinski definition) is 1. The molecule has 0 atom stereocenters. The fourth-order valence-corrected chi connectivity index (χ4v) is 2.14. The molecule has 1 aromatic carbocycles. The Morgan fingerprint density at radius 1 is 1.20 bits per heavy atom. The van der Waals surface area contributed by atoms with Crippen LogP contribution in [0.4, 0.5) is 5.69 Å². The summed E-state index contributed by atoms with van der Waals surface area (Å²) in [5, 5.41) is 10.4. The summed E-state index contributed by atoms with van der Waals surface area (Å²) in [5.41, 5.74) is 0.978. The fraction of sp³-hybridized carbons (Fsp3) is 0.455. The van der Waals surface area contributed by atoms with Crippen molar-refractivity contribution in [1.82, 2.24) is 9.55 Å². The predicted octanol–water partition coefficient (Wildman–Crippen LogP) is 2.09. The number of benzene rings is 1. The molecule has 0 amide bonds. The zero-order valence-electron chi connectivity index (χ0n) is 8.86. The SMILES string of the molecule is CN1CC[N+](O)(c2ccc(Br)cc2)CC1. The molecule has 82 valence electrons. The van der Waals surface area contributed by atoms with Crippen LogP contribution in [0.15, 0.2) is 28.7 Å². The van der Waals surface area contributed by atoms with Crippen LogP contribution in [0.3, 0.4) is 0 Å². The number of nitrogens with zero attached hydrogens (tertiary/aromatic N) is 2. The van der Waals surface area contributed by atoms with Gasteiger partial charge in [0.25, 0.3) is 0 Å². The Morgan fingerprint density at radius 3 is 2.27 bits per heavy atom. The minimum absolute atomic E-state index is 0.0671. The van der Waals surface area contributed by atoms with E-state index in [4.69, 9.17) is 0 Å². The number of rotatable bonds is 1. The molecule has 3 nitrogen and oxygen atoms in total. The molecule has 0 bridgehead atoms. The zero-order valence-corrected chi connectivity index (χ0v) is 10.4. The van der Waals surface area contributed by atoms with Gasteiger partial charge in [0.1, 0.15) is 13.1 Å². The highest BCUT2D eigenvalue weighted by atomic mass is 79.9. The third-order valence-electron chi connectivity index (χ3n) is 3.01. The molecule has 15 heavy (non-hydrogen) atoms. The monoisotopic (exact) mass is 271 g/mol. The van der Waals surface area contributed by atoms with Crippen molar-refractivity contribution in [3.63, 3.8) is 0 Å². The lowest BCUT2D eigenvalue weighted by atomic mass is 10.2. The van der Waals surface area contributed by atoms with Crippen LogP contribution in [0.2, 0.25) is 0 Å². The molecule has 1 aliphatic heterocycles. The molecule has 0 aromatic heterocycles. The van der Waals surface area contributed by atoms with Crippen LogP contribution in [0.5, 0.6) is 0 Å². The molecule has 1 heterocycles. The summed E-state index contributed by atoms with van der Waals surface area (Å²) in [5.74, 6) is 0. The first kappa shape index (κ1) is 11.1. The lowest BCUT2D eigenvalue weighted by Gasteiger charge is -2.36. The molecule has 4 heteroatoms. The minimum Gasteiger partial charge on any atom is -0.295 e. The number of quaternary nitrogens is 1. The van der Waals surface area contributed by atoms with E-state index >= 15 is 0 Å². The highest BCUT2D eigenvalue weighted by Crippen LogP contribution is 2.24. The Kier molecular flexibility index (Phi) is 3.11. The van der Waals surface area contributed by atoms with Crippen molar-refractivity contribution in [2.45, 2.75) is 0 Å². The van der Waals surface area contributed by atoms with Crippen molar-refractivity contribution >= 4 is 21.6 Å². The Labute approximate surface area is 98.6 Å². The van der Waals surface area contributed by atoms with Crippen LogP contribution in [-0.2, 0) is 0 Å². The van der Waals surface area contributed by atoms with E-state index in [0.717, 1.165) is 36.3 Å². The van der Waals surface area contributed by atoms with Crippen molar-refractivity contribution in [3.8, 4) is 0 Å². The van der Waals surface area contributed by atoms with Gasteiger partial charge < -0.3 is 0 Å². The Hall–Kier alpha value is -0.420. The number of piperazine rings is 1. The van der Waals surface area contributed by atoms with Crippen LogP contribution >= 0.6 is 15.9 Å². The standard InChI is InChI=1S/C11H16BrN2O/c1-13-6-8-14(15,9-7-13)11-4-2-10(12)3-5-11/h2-5,15H,6-9H2,1H3/q+1. The van der Waals surface area contributed by atoms with Crippen molar-refractivity contribution in [2.24, 2.45) is 0 Å². The first-order valence-corrected chi connectivity index (χ1v) is 5.94. The third-order valence-corrected chi connectivity index (χ3v) is 3.54. The molecule has 1 saturated heterocycles. The van der Waals surface area contributed by atoms with Gasteiger partial charge in [-0.3, -0.25) is 4.90 Å². The number of halogens is 1. The van der Waals surface area contributed by atoms with Gasteiger partial charge in [-0.05, 0) is 19.2 Å². The molecule has 1 aliphatic rings. The van der Waals surface area contributed by atoms with Gasteiger partial charge in [-0.2, -0.15) is 0 Å². The number of likely N-dealkylation sites (N-methyl/N-ethyl adjacent to an activating group) is 1. The lowest BCUT2D eigenvalue weighted by Crippen LogP contribution is -2.57. The minimum atomic E-state index is 0.0671. The highest BCUT2D eigenvalue weighted by Gasteiger charge is 2.32. The Bertz CT molecular complexity index is 331. The maximum atomic E-state index is 10.4. The van der Waals surface area contributed by atoms with Gasteiger partial charge >= 0.3 is 0 Å². The highest BCUT2D eigenvalue weighted by molar-refractivity contribution is 9.10. The first-order valence-electron chi connectivity index (χ1n) is 5.15. The maximum absolute atomic E-state index is 10.4. The van der Waals surface area contributed by atoms with Gasteiger partial charge in [-0.1, -0.05) is 15.9 Å². The molecule has 0 unspecified atom stereocenters. The number of hydrogen-bond acceptors (Lipinski definition) is 2. The van der Waals surface area contributed by atoms with E-state index < -0.39 is 0 Å². The van der Waals surface area contributed by atoms with Gasteiger partial charge in [0.15, 0.2) is 5.69 Å². The summed E-state index contributed by atoms with van der Waals surface area (Å²) in [6.07, 6.45) is 0. The molecule has 2 rings (SSSR count).